The number of ether oxygens (including phenoxy) is 1. The molecule has 0 radical (unpaired) electrons. The van der Waals surface area contributed by atoms with E-state index in [0.717, 1.165) is 24.4 Å². The summed E-state index contributed by atoms with van der Waals surface area (Å²) in [4.78, 5) is 20.0. The van der Waals surface area contributed by atoms with Crippen molar-refractivity contribution in [1.82, 2.24) is 0 Å². The van der Waals surface area contributed by atoms with E-state index in [4.69, 9.17) is 4.74 Å². The van der Waals surface area contributed by atoms with E-state index >= 15 is 0 Å². The van der Waals surface area contributed by atoms with Crippen molar-refractivity contribution < 1.29 is 9.53 Å². The lowest BCUT2D eigenvalue weighted by Gasteiger charge is -2.00. The Hall–Kier alpha value is -1.57. The fourth-order valence-corrected chi connectivity index (χ4v) is 9.48. The van der Waals surface area contributed by atoms with Gasteiger partial charge in [0, 0.05) is 42.5 Å². The van der Waals surface area contributed by atoms with Crippen LogP contribution in [0.25, 0.3) is 19.5 Å². The predicted molar refractivity (Wildman–Crippen MR) is 213 cm³/mol. The van der Waals surface area contributed by atoms with Gasteiger partial charge in [-0.15, -0.1) is 45.3 Å². The van der Waals surface area contributed by atoms with Crippen molar-refractivity contribution in [2.24, 2.45) is 0 Å². The standard InChI is InChI=1S/C19H26OS2.C18H26S2.C4H8O/c1-2-3-4-5-6-7-8-9-10-16-11-13-18(21-16)19-14-12-17(15-20)22-19;1-2-3-4-5-6-7-8-9-11-16-13-14-18(20-16)17-12-10-15-19-17;1-2-4-5-3-1/h11-15H,2-10H2,1H3;10,12-15H,2-9,11H2,1H3;1-4H2. The molecule has 0 N–H and O–H groups in total. The number of carbonyl (C=O) groups excluding carboxylic acids is 1. The van der Waals surface area contributed by atoms with Crippen LogP contribution in [0.3, 0.4) is 0 Å². The molecule has 1 aliphatic heterocycles. The highest BCUT2D eigenvalue weighted by Crippen LogP contribution is 2.34. The second-order valence-electron chi connectivity index (χ2n) is 12.6. The Labute approximate surface area is 303 Å². The summed E-state index contributed by atoms with van der Waals surface area (Å²) in [5.74, 6) is 0. The molecule has 1 aliphatic rings. The van der Waals surface area contributed by atoms with Gasteiger partial charge in [0.15, 0.2) is 6.29 Å². The topological polar surface area (TPSA) is 26.3 Å². The molecule has 1 fully saturated rings. The first-order valence-electron chi connectivity index (χ1n) is 18.6. The molecule has 0 saturated carbocycles. The van der Waals surface area contributed by atoms with Gasteiger partial charge in [0.05, 0.1) is 4.88 Å². The summed E-state index contributed by atoms with van der Waals surface area (Å²) in [6, 6.07) is 17.4. The van der Waals surface area contributed by atoms with Gasteiger partial charge in [-0.25, -0.2) is 0 Å². The highest BCUT2D eigenvalue weighted by molar-refractivity contribution is 7.23. The molecule has 0 spiro atoms. The quantitative estimate of drug-likeness (QED) is 0.0635. The zero-order valence-corrected chi connectivity index (χ0v) is 32.5. The van der Waals surface area contributed by atoms with Crippen LogP contribution in [-0.4, -0.2) is 19.5 Å². The molecule has 2 nitrogen and oxygen atoms in total. The van der Waals surface area contributed by atoms with E-state index in [2.05, 4.69) is 61.7 Å². The first-order chi connectivity index (χ1) is 23.2. The average Bonchev–Trinajstić information content (AvgIpc) is 3.94. The number of aldehydes is 1. The minimum atomic E-state index is 0.813. The third-order valence-corrected chi connectivity index (χ3v) is 13.0. The number of unbranched alkanes of at least 4 members (excludes halogenated alkanes) is 14. The molecule has 6 heteroatoms. The van der Waals surface area contributed by atoms with Gasteiger partial charge in [0.2, 0.25) is 0 Å². The van der Waals surface area contributed by atoms with E-state index in [0.29, 0.717) is 0 Å². The number of thiophene rings is 4. The molecule has 47 heavy (non-hydrogen) atoms. The van der Waals surface area contributed by atoms with Gasteiger partial charge in [-0.3, -0.25) is 4.79 Å². The van der Waals surface area contributed by atoms with Crippen molar-refractivity contribution >= 4 is 51.6 Å². The third kappa shape index (κ3) is 17.6. The van der Waals surface area contributed by atoms with Crippen LogP contribution in [0.1, 0.15) is 149 Å². The fourth-order valence-electron chi connectivity index (χ4n) is 5.63. The Morgan fingerprint density at radius 3 is 1.45 bits per heavy atom. The molecule has 0 amide bonds. The predicted octanol–water partition coefficient (Wildman–Crippen LogP) is 14.9. The van der Waals surface area contributed by atoms with Crippen molar-refractivity contribution in [2.75, 3.05) is 13.2 Å². The second kappa shape index (κ2) is 26.3. The number of rotatable bonds is 21. The number of hydrogen-bond donors (Lipinski definition) is 0. The summed E-state index contributed by atoms with van der Waals surface area (Å²) >= 11 is 7.28. The second-order valence-corrected chi connectivity index (χ2v) is 17.0. The van der Waals surface area contributed by atoms with Crippen LogP contribution in [-0.2, 0) is 17.6 Å². The molecule has 4 aromatic rings. The number of aryl methyl sites for hydroxylation is 2. The highest BCUT2D eigenvalue weighted by Gasteiger charge is 2.07. The SMILES string of the molecule is C1CCOC1.CCCCCCCCCCc1ccc(-c2ccc(C=O)s2)s1.CCCCCCCCCCc1ccc(-c2cccs2)s1. The average molecular weight is 713 g/mol. The molecule has 1 saturated heterocycles. The first-order valence-corrected chi connectivity index (χ1v) is 21.9. The number of carbonyl (C=O) groups is 1. The summed E-state index contributed by atoms with van der Waals surface area (Å²) < 4.78 is 4.94. The van der Waals surface area contributed by atoms with Crippen molar-refractivity contribution in [1.29, 1.82) is 0 Å². The number of hydrogen-bond acceptors (Lipinski definition) is 6. The molecule has 4 aromatic heterocycles. The van der Waals surface area contributed by atoms with Gasteiger partial charge < -0.3 is 4.74 Å². The van der Waals surface area contributed by atoms with Gasteiger partial charge in [0.25, 0.3) is 0 Å². The fraction of sp³-hybridized carbons (Fsp3) is 0.585. The molecule has 0 atom stereocenters. The molecule has 0 unspecified atom stereocenters. The van der Waals surface area contributed by atoms with Gasteiger partial charge in [-0.1, -0.05) is 110 Å². The van der Waals surface area contributed by atoms with Gasteiger partial charge in [0.1, 0.15) is 0 Å². The molecule has 5 heterocycles. The maximum Gasteiger partial charge on any atom is 0.160 e. The zero-order chi connectivity index (χ0) is 33.2. The van der Waals surface area contributed by atoms with E-state index in [1.807, 2.05) is 40.1 Å². The monoisotopic (exact) mass is 712 g/mol. The van der Waals surface area contributed by atoms with Crippen molar-refractivity contribution in [2.45, 2.75) is 142 Å². The summed E-state index contributed by atoms with van der Waals surface area (Å²) in [5, 5.41) is 2.16. The van der Waals surface area contributed by atoms with E-state index < -0.39 is 0 Å². The summed E-state index contributed by atoms with van der Waals surface area (Å²) in [6.45, 7) is 6.55. The van der Waals surface area contributed by atoms with Crippen molar-refractivity contribution in [3.63, 3.8) is 0 Å². The van der Waals surface area contributed by atoms with Crippen LogP contribution in [0.5, 0.6) is 0 Å². The van der Waals surface area contributed by atoms with E-state index in [1.165, 1.54) is 153 Å². The Kier molecular flexibility index (Phi) is 22.3. The molecular weight excluding hydrogens is 653 g/mol. The summed E-state index contributed by atoms with van der Waals surface area (Å²) in [7, 11) is 0. The zero-order valence-electron chi connectivity index (χ0n) is 29.3. The largest absolute Gasteiger partial charge is 0.381 e. The van der Waals surface area contributed by atoms with Gasteiger partial charge in [-0.2, -0.15) is 0 Å². The van der Waals surface area contributed by atoms with Crippen molar-refractivity contribution in [3.05, 3.63) is 68.5 Å². The van der Waals surface area contributed by atoms with Gasteiger partial charge in [-0.05, 0) is 86.4 Å². The van der Waals surface area contributed by atoms with Crippen molar-refractivity contribution in [3.8, 4) is 19.5 Å². The van der Waals surface area contributed by atoms with Crippen LogP contribution in [0.15, 0.2) is 53.9 Å². The lowest BCUT2D eigenvalue weighted by molar-refractivity contribution is 0.112. The Bertz CT molecular complexity index is 1270. The minimum Gasteiger partial charge on any atom is -0.381 e. The third-order valence-electron chi connectivity index (χ3n) is 8.45. The van der Waals surface area contributed by atoms with Crippen LogP contribution < -0.4 is 0 Å². The van der Waals surface area contributed by atoms with E-state index in [1.54, 1.807) is 16.2 Å². The van der Waals surface area contributed by atoms with Crippen LogP contribution in [0, 0.1) is 0 Å². The molecule has 0 bridgehead atoms. The normalized spacial score (nSPS) is 12.4. The smallest absolute Gasteiger partial charge is 0.160 e. The van der Waals surface area contributed by atoms with E-state index in [9.17, 15) is 4.79 Å². The van der Waals surface area contributed by atoms with Crippen LogP contribution in [0.4, 0.5) is 0 Å². The molecule has 0 aliphatic carbocycles. The van der Waals surface area contributed by atoms with Crippen LogP contribution in [0.2, 0.25) is 0 Å². The summed E-state index contributed by atoms with van der Waals surface area (Å²) in [6.07, 6.45) is 28.2. The van der Waals surface area contributed by atoms with E-state index in [-0.39, 0.29) is 0 Å². The summed E-state index contributed by atoms with van der Waals surface area (Å²) in [5.41, 5.74) is 0. The van der Waals surface area contributed by atoms with Gasteiger partial charge >= 0.3 is 0 Å². The van der Waals surface area contributed by atoms with Crippen LogP contribution >= 0.6 is 45.3 Å². The molecule has 260 valence electrons. The first kappa shape index (κ1) is 39.9. The lowest BCUT2D eigenvalue weighted by atomic mass is 10.1. The molecule has 5 rings (SSSR count). The lowest BCUT2D eigenvalue weighted by Crippen LogP contribution is -1.83. The minimum absolute atomic E-state index is 0.813. The highest BCUT2D eigenvalue weighted by atomic mass is 32.1. The maximum absolute atomic E-state index is 10.8. The molecule has 0 aromatic carbocycles. The Balaban J connectivity index is 0.000000223. The Morgan fingerprint density at radius 2 is 1.02 bits per heavy atom. The maximum atomic E-state index is 10.8. The Morgan fingerprint density at radius 1 is 0.553 bits per heavy atom. The molecular formula is C41H60O2S4.